The maximum atomic E-state index is 14.1. The van der Waals surface area contributed by atoms with E-state index in [0.29, 0.717) is 22.4 Å². The molecule has 0 saturated carbocycles. The van der Waals surface area contributed by atoms with E-state index in [1.54, 1.807) is 25.3 Å². The largest absolute Gasteiger partial charge is 0.458 e. The van der Waals surface area contributed by atoms with Crippen molar-refractivity contribution in [2.75, 3.05) is 0 Å². The fraction of sp³-hybridized carbons (Fsp3) is 0.367. The SMILES string of the molecule is Cc1c(Br)sc2c1c(=O)n(C(C)(C)C(=O)OC(C)(C)C)c(=O)n2C[C@H](OCc1ccccc1)c1ccccc1. The molecule has 2 aromatic heterocycles. The number of nitrogens with zero attached hydrogens (tertiary/aromatic N) is 2. The summed E-state index contributed by atoms with van der Waals surface area (Å²) in [5.41, 5.74) is -0.850. The summed E-state index contributed by atoms with van der Waals surface area (Å²) in [4.78, 5) is 41.7. The van der Waals surface area contributed by atoms with Gasteiger partial charge in [-0.05, 0) is 74.2 Å². The molecule has 1 atom stereocenters. The number of hydrogen-bond donors (Lipinski definition) is 0. The topological polar surface area (TPSA) is 79.5 Å². The Hall–Kier alpha value is -3.01. The molecule has 0 aliphatic rings. The molecule has 0 N–H and O–H groups in total. The Morgan fingerprint density at radius 2 is 1.56 bits per heavy atom. The number of carbonyl (C=O) groups excluding carboxylic acids is 1. The number of esters is 1. The average molecular weight is 614 g/mol. The lowest BCUT2D eigenvalue weighted by molar-refractivity contribution is -0.164. The van der Waals surface area contributed by atoms with Crippen LogP contribution in [-0.4, -0.2) is 20.7 Å². The fourth-order valence-electron chi connectivity index (χ4n) is 4.33. The Morgan fingerprint density at radius 1 is 0.974 bits per heavy atom. The van der Waals surface area contributed by atoms with Crippen molar-refractivity contribution in [1.29, 1.82) is 0 Å². The van der Waals surface area contributed by atoms with Gasteiger partial charge in [-0.2, -0.15) is 0 Å². The fourth-order valence-corrected chi connectivity index (χ4v) is 6.01. The molecule has 0 spiro atoms. The van der Waals surface area contributed by atoms with Crippen molar-refractivity contribution in [2.45, 2.75) is 71.9 Å². The normalized spacial score (nSPS) is 13.0. The number of aryl methyl sites for hydroxylation is 1. The summed E-state index contributed by atoms with van der Waals surface area (Å²) in [6, 6.07) is 19.5. The van der Waals surface area contributed by atoms with E-state index in [9.17, 15) is 14.4 Å². The second kappa shape index (κ2) is 11.2. The number of rotatable bonds is 8. The first-order valence-corrected chi connectivity index (χ1v) is 14.3. The van der Waals surface area contributed by atoms with Crippen molar-refractivity contribution in [3.63, 3.8) is 0 Å². The quantitative estimate of drug-likeness (QED) is 0.217. The highest BCUT2D eigenvalue weighted by atomic mass is 79.9. The molecule has 4 aromatic rings. The highest BCUT2D eigenvalue weighted by molar-refractivity contribution is 9.11. The van der Waals surface area contributed by atoms with Crippen LogP contribution in [0.25, 0.3) is 10.2 Å². The van der Waals surface area contributed by atoms with E-state index in [-0.39, 0.29) is 6.54 Å². The lowest BCUT2D eigenvalue weighted by atomic mass is 10.0. The molecule has 0 radical (unpaired) electrons. The molecule has 39 heavy (non-hydrogen) atoms. The number of ether oxygens (including phenoxy) is 2. The molecule has 0 unspecified atom stereocenters. The molecule has 2 heterocycles. The van der Waals surface area contributed by atoms with Gasteiger partial charge in [-0.1, -0.05) is 60.7 Å². The van der Waals surface area contributed by atoms with Crippen LogP contribution in [0.2, 0.25) is 0 Å². The van der Waals surface area contributed by atoms with E-state index in [1.165, 1.54) is 25.2 Å². The maximum absolute atomic E-state index is 14.1. The first kappa shape index (κ1) is 29.0. The number of halogens is 1. The number of benzene rings is 2. The Kier molecular flexibility index (Phi) is 8.35. The van der Waals surface area contributed by atoms with Gasteiger partial charge in [0.2, 0.25) is 0 Å². The molecule has 0 aliphatic heterocycles. The molecule has 0 amide bonds. The predicted molar refractivity (Wildman–Crippen MR) is 158 cm³/mol. The van der Waals surface area contributed by atoms with Crippen LogP contribution in [0.5, 0.6) is 0 Å². The minimum atomic E-state index is -1.55. The summed E-state index contributed by atoms with van der Waals surface area (Å²) >= 11 is 4.87. The van der Waals surface area contributed by atoms with Gasteiger partial charge in [0.15, 0.2) is 0 Å². The van der Waals surface area contributed by atoms with E-state index in [1.807, 2.05) is 67.6 Å². The number of aromatic nitrogens is 2. The molecular formula is C30H33BrN2O5S. The molecule has 2 aromatic carbocycles. The van der Waals surface area contributed by atoms with Gasteiger partial charge in [0.25, 0.3) is 5.56 Å². The Morgan fingerprint density at radius 3 is 2.15 bits per heavy atom. The third-order valence-electron chi connectivity index (χ3n) is 6.43. The first-order valence-electron chi connectivity index (χ1n) is 12.7. The van der Waals surface area contributed by atoms with Gasteiger partial charge >= 0.3 is 11.7 Å². The van der Waals surface area contributed by atoms with Gasteiger partial charge in [0, 0.05) is 0 Å². The van der Waals surface area contributed by atoms with Crippen molar-refractivity contribution in [3.05, 3.63) is 102 Å². The van der Waals surface area contributed by atoms with Crippen molar-refractivity contribution < 1.29 is 14.3 Å². The molecule has 0 fully saturated rings. The van der Waals surface area contributed by atoms with E-state index in [4.69, 9.17) is 9.47 Å². The van der Waals surface area contributed by atoms with Crippen LogP contribution in [0.1, 0.15) is 57.4 Å². The molecule has 7 nitrogen and oxygen atoms in total. The average Bonchev–Trinajstić information content (AvgIpc) is 3.17. The van der Waals surface area contributed by atoms with Crippen LogP contribution in [-0.2, 0) is 33.0 Å². The summed E-state index contributed by atoms with van der Waals surface area (Å²) in [5.74, 6) is -0.660. The van der Waals surface area contributed by atoms with Crippen LogP contribution in [0.4, 0.5) is 0 Å². The van der Waals surface area contributed by atoms with Crippen LogP contribution in [0.3, 0.4) is 0 Å². The third-order valence-corrected chi connectivity index (χ3v) is 8.61. The minimum absolute atomic E-state index is 0.142. The van der Waals surface area contributed by atoms with Gasteiger partial charge in [-0.25, -0.2) is 14.2 Å². The lowest BCUT2D eigenvalue weighted by Crippen LogP contribution is -2.54. The van der Waals surface area contributed by atoms with Crippen LogP contribution >= 0.6 is 27.3 Å². The highest BCUT2D eigenvalue weighted by Crippen LogP contribution is 2.34. The maximum Gasteiger partial charge on any atom is 0.333 e. The van der Waals surface area contributed by atoms with Crippen LogP contribution < -0.4 is 11.2 Å². The van der Waals surface area contributed by atoms with Gasteiger partial charge in [-0.3, -0.25) is 9.36 Å². The zero-order valence-electron chi connectivity index (χ0n) is 23.0. The van der Waals surface area contributed by atoms with Gasteiger partial charge in [0.05, 0.1) is 22.3 Å². The summed E-state index contributed by atoms with van der Waals surface area (Å²) in [6.07, 6.45) is -0.496. The van der Waals surface area contributed by atoms with Gasteiger partial charge < -0.3 is 9.47 Å². The van der Waals surface area contributed by atoms with Gasteiger partial charge in [0.1, 0.15) is 22.1 Å². The standard InChI is InChI=1S/C30H33BrN2O5S/c1-19-23-25(34)33(30(5,6)27(35)38-29(2,3)4)28(36)32(26(23)39-24(19)31)17-22(21-15-11-8-12-16-21)37-18-20-13-9-7-10-14-20/h7-16,22H,17-18H2,1-6H3/t22-/m0/s1. The van der Waals surface area contributed by atoms with E-state index >= 15 is 0 Å². The van der Waals surface area contributed by atoms with E-state index in [0.717, 1.165) is 19.5 Å². The summed E-state index contributed by atoms with van der Waals surface area (Å²) in [6.45, 7) is 10.6. The van der Waals surface area contributed by atoms with Crippen molar-refractivity contribution in [2.24, 2.45) is 0 Å². The monoisotopic (exact) mass is 612 g/mol. The lowest BCUT2D eigenvalue weighted by Gasteiger charge is -2.30. The Labute approximate surface area is 240 Å². The summed E-state index contributed by atoms with van der Waals surface area (Å²) in [5, 5.41) is 0.387. The second-order valence-electron chi connectivity index (χ2n) is 11.0. The molecule has 9 heteroatoms. The Balaban J connectivity index is 1.88. The third kappa shape index (κ3) is 6.10. The zero-order chi connectivity index (χ0) is 28.5. The molecule has 0 saturated heterocycles. The van der Waals surface area contributed by atoms with E-state index < -0.39 is 34.5 Å². The highest BCUT2D eigenvalue weighted by Gasteiger charge is 2.39. The molecule has 4 rings (SSSR count). The second-order valence-corrected chi connectivity index (χ2v) is 13.3. The molecule has 0 bridgehead atoms. The summed E-state index contributed by atoms with van der Waals surface area (Å²) < 4.78 is 15.3. The zero-order valence-corrected chi connectivity index (χ0v) is 25.4. The number of hydrogen-bond acceptors (Lipinski definition) is 6. The van der Waals surface area contributed by atoms with Crippen LogP contribution in [0.15, 0.2) is 74.0 Å². The van der Waals surface area contributed by atoms with E-state index in [2.05, 4.69) is 15.9 Å². The van der Waals surface area contributed by atoms with Crippen molar-refractivity contribution in [1.82, 2.24) is 9.13 Å². The van der Waals surface area contributed by atoms with Gasteiger partial charge in [-0.15, -0.1) is 11.3 Å². The first-order chi connectivity index (χ1) is 18.3. The molecule has 206 valence electrons. The minimum Gasteiger partial charge on any atom is -0.458 e. The van der Waals surface area contributed by atoms with Crippen LogP contribution in [0, 0.1) is 6.92 Å². The number of carbonyl (C=O) groups is 1. The molecule has 0 aliphatic carbocycles. The predicted octanol–water partition coefficient (Wildman–Crippen LogP) is 6.33. The molecular weight excluding hydrogens is 580 g/mol. The summed E-state index contributed by atoms with van der Waals surface area (Å²) in [7, 11) is 0. The van der Waals surface area contributed by atoms with Crippen molar-refractivity contribution in [3.8, 4) is 0 Å². The number of fused-ring (bicyclic) bond motifs is 1. The van der Waals surface area contributed by atoms with Crippen molar-refractivity contribution >= 4 is 43.5 Å². The Bertz CT molecular complexity index is 1600. The number of thiophene rings is 1. The smallest absolute Gasteiger partial charge is 0.333 e.